The zero-order valence-electron chi connectivity index (χ0n) is 13.8. The van der Waals surface area contributed by atoms with Gasteiger partial charge in [-0.15, -0.1) is 0 Å². The number of halogens is 2. The lowest BCUT2D eigenvalue weighted by Gasteiger charge is -2.26. The molecule has 7 heteroatoms. The van der Waals surface area contributed by atoms with E-state index in [-0.39, 0.29) is 17.3 Å². The van der Waals surface area contributed by atoms with Crippen LogP contribution < -0.4 is 0 Å². The van der Waals surface area contributed by atoms with Gasteiger partial charge in [-0.05, 0) is 31.9 Å². The summed E-state index contributed by atoms with van der Waals surface area (Å²) in [5.74, 6) is 0.779. The monoisotopic (exact) mass is 360 g/mol. The molecule has 0 N–H and O–H groups in total. The topological polar surface area (TPSA) is 44.9 Å². The molecule has 0 radical (unpaired) electrons. The Labute approximate surface area is 150 Å². The highest BCUT2D eigenvalue weighted by atomic mass is 35.5. The van der Waals surface area contributed by atoms with Gasteiger partial charge in [-0.1, -0.05) is 11.6 Å². The molecule has 3 aromatic rings. The van der Waals surface area contributed by atoms with E-state index in [1.807, 2.05) is 23.8 Å². The Balaban J connectivity index is 1.67. The molecule has 0 spiro atoms. The van der Waals surface area contributed by atoms with Crippen LogP contribution in [0, 0.1) is 12.7 Å². The summed E-state index contributed by atoms with van der Waals surface area (Å²) in [6, 6.07) is 5.16. The van der Waals surface area contributed by atoms with Crippen molar-refractivity contribution < 1.29 is 9.13 Å². The number of nitrogens with zero attached hydrogens (tertiary/aromatic N) is 4. The third-order valence-corrected chi connectivity index (χ3v) is 4.77. The third-order valence-electron chi connectivity index (χ3n) is 4.47. The van der Waals surface area contributed by atoms with E-state index in [0.29, 0.717) is 18.7 Å². The van der Waals surface area contributed by atoms with Gasteiger partial charge in [0.15, 0.2) is 0 Å². The van der Waals surface area contributed by atoms with Gasteiger partial charge in [-0.25, -0.2) is 14.4 Å². The summed E-state index contributed by atoms with van der Waals surface area (Å²) in [6.45, 7) is 2.48. The van der Waals surface area contributed by atoms with E-state index in [9.17, 15) is 4.39 Å². The fraction of sp³-hybridized carbons (Fsp3) is 0.333. The highest BCUT2D eigenvalue weighted by molar-refractivity contribution is 6.19. The Morgan fingerprint density at radius 2 is 2.20 bits per heavy atom. The van der Waals surface area contributed by atoms with E-state index < -0.39 is 0 Å². The Morgan fingerprint density at radius 1 is 1.32 bits per heavy atom. The zero-order valence-corrected chi connectivity index (χ0v) is 14.5. The van der Waals surface area contributed by atoms with Crippen molar-refractivity contribution in [2.45, 2.75) is 31.2 Å². The van der Waals surface area contributed by atoms with E-state index in [1.165, 1.54) is 6.07 Å². The summed E-state index contributed by atoms with van der Waals surface area (Å²) in [7, 11) is 0. The molecular weight excluding hydrogens is 343 g/mol. The Morgan fingerprint density at radius 3 is 2.92 bits per heavy atom. The van der Waals surface area contributed by atoms with Crippen molar-refractivity contribution in [3.8, 4) is 11.4 Å². The molecule has 2 unspecified atom stereocenters. The SMILES string of the molecule is Cc1cn(-c2ccc(-n3ccnc3C3CCOC(Cl)C3)cc2F)cn1. The summed E-state index contributed by atoms with van der Waals surface area (Å²) in [5.41, 5.74) is 1.75. The van der Waals surface area contributed by atoms with Gasteiger partial charge in [-0.2, -0.15) is 0 Å². The van der Waals surface area contributed by atoms with Gasteiger partial charge in [0.1, 0.15) is 17.2 Å². The predicted octanol–water partition coefficient (Wildman–Crippen LogP) is 3.96. The maximum Gasteiger partial charge on any atom is 0.149 e. The molecule has 5 nitrogen and oxygen atoms in total. The van der Waals surface area contributed by atoms with Crippen LogP contribution in [0.5, 0.6) is 0 Å². The molecule has 0 amide bonds. The second-order valence-corrected chi connectivity index (χ2v) is 6.70. The van der Waals surface area contributed by atoms with Gasteiger partial charge < -0.3 is 13.9 Å². The summed E-state index contributed by atoms with van der Waals surface area (Å²) < 4.78 is 23.6. The van der Waals surface area contributed by atoms with E-state index in [1.54, 1.807) is 29.4 Å². The van der Waals surface area contributed by atoms with Gasteiger partial charge in [0.25, 0.3) is 0 Å². The zero-order chi connectivity index (χ0) is 17.4. The van der Waals surface area contributed by atoms with Crippen LogP contribution in [0.3, 0.4) is 0 Å². The first-order chi connectivity index (χ1) is 12.1. The number of alkyl halides is 1. The van der Waals surface area contributed by atoms with E-state index in [4.69, 9.17) is 16.3 Å². The van der Waals surface area contributed by atoms with Crippen molar-refractivity contribution in [1.29, 1.82) is 0 Å². The highest BCUT2D eigenvalue weighted by Crippen LogP contribution is 2.32. The van der Waals surface area contributed by atoms with Crippen molar-refractivity contribution >= 4 is 11.6 Å². The van der Waals surface area contributed by atoms with E-state index in [0.717, 1.165) is 23.6 Å². The van der Waals surface area contributed by atoms with Crippen LogP contribution in [0.2, 0.25) is 0 Å². The van der Waals surface area contributed by atoms with Crippen molar-refractivity contribution in [2.24, 2.45) is 0 Å². The van der Waals surface area contributed by atoms with E-state index >= 15 is 0 Å². The number of ether oxygens (including phenoxy) is 1. The molecule has 1 aliphatic rings. The molecule has 3 heterocycles. The van der Waals surface area contributed by atoms with Gasteiger partial charge in [0.05, 0.1) is 17.7 Å². The maximum atomic E-state index is 14.6. The quantitative estimate of drug-likeness (QED) is 0.664. The normalized spacial score (nSPS) is 20.8. The first-order valence-electron chi connectivity index (χ1n) is 8.21. The van der Waals surface area contributed by atoms with Crippen molar-refractivity contribution in [3.63, 3.8) is 0 Å². The van der Waals surface area contributed by atoms with Crippen LogP contribution in [0.1, 0.15) is 30.3 Å². The molecule has 1 aliphatic heterocycles. The summed E-state index contributed by atoms with van der Waals surface area (Å²) >= 11 is 6.11. The largest absolute Gasteiger partial charge is 0.362 e. The standard InChI is InChI=1S/C18H18ClFN4O/c1-12-10-23(11-22-12)16-3-2-14(9-15(16)20)24-6-5-21-18(24)13-4-7-25-17(19)8-13/h2-3,5-6,9-11,13,17H,4,7-8H2,1H3. The van der Waals surface area contributed by atoms with Crippen LogP contribution in [-0.4, -0.2) is 31.3 Å². The summed E-state index contributed by atoms with van der Waals surface area (Å²) in [5, 5.41) is 0. The molecule has 0 aliphatic carbocycles. The lowest BCUT2D eigenvalue weighted by molar-refractivity contribution is 0.0553. The molecular formula is C18H18ClFN4O. The number of benzene rings is 1. The summed E-state index contributed by atoms with van der Waals surface area (Å²) in [6.07, 6.45) is 8.55. The van der Waals surface area contributed by atoms with Crippen LogP contribution in [0.25, 0.3) is 11.4 Å². The number of aryl methyl sites for hydroxylation is 1. The van der Waals surface area contributed by atoms with Crippen molar-refractivity contribution in [3.05, 3.63) is 60.5 Å². The van der Waals surface area contributed by atoms with Gasteiger partial charge in [-0.3, -0.25) is 0 Å². The minimum absolute atomic E-state index is 0.199. The summed E-state index contributed by atoms with van der Waals surface area (Å²) in [4.78, 5) is 8.62. The Bertz CT molecular complexity index is 891. The first kappa shape index (κ1) is 16.3. The van der Waals surface area contributed by atoms with Gasteiger partial charge in [0, 0.05) is 42.9 Å². The Kier molecular flexibility index (Phi) is 4.31. The molecule has 4 rings (SSSR count). The van der Waals surface area contributed by atoms with Gasteiger partial charge in [0.2, 0.25) is 0 Å². The molecule has 1 saturated heterocycles. The minimum atomic E-state index is -0.309. The molecule has 1 aromatic carbocycles. The maximum absolute atomic E-state index is 14.6. The van der Waals surface area contributed by atoms with Crippen molar-refractivity contribution in [2.75, 3.05) is 6.61 Å². The molecule has 0 saturated carbocycles. The molecule has 1 fully saturated rings. The van der Waals surface area contributed by atoms with Crippen LogP contribution >= 0.6 is 11.6 Å². The predicted molar refractivity (Wildman–Crippen MR) is 92.9 cm³/mol. The smallest absolute Gasteiger partial charge is 0.149 e. The molecule has 2 atom stereocenters. The average molecular weight is 361 g/mol. The fourth-order valence-corrected chi connectivity index (χ4v) is 3.53. The number of rotatable bonds is 3. The second-order valence-electron chi connectivity index (χ2n) is 6.22. The lowest BCUT2D eigenvalue weighted by Crippen LogP contribution is -2.22. The molecule has 0 bridgehead atoms. The van der Waals surface area contributed by atoms with Crippen LogP contribution in [0.15, 0.2) is 43.1 Å². The molecule has 130 valence electrons. The van der Waals surface area contributed by atoms with Crippen LogP contribution in [0.4, 0.5) is 4.39 Å². The minimum Gasteiger partial charge on any atom is -0.362 e. The Hall–Kier alpha value is -2.18. The highest BCUT2D eigenvalue weighted by Gasteiger charge is 2.26. The lowest BCUT2D eigenvalue weighted by atomic mass is 9.99. The number of hydrogen-bond donors (Lipinski definition) is 0. The van der Waals surface area contributed by atoms with E-state index in [2.05, 4.69) is 9.97 Å². The second kappa shape index (κ2) is 6.61. The number of imidazole rings is 2. The first-order valence-corrected chi connectivity index (χ1v) is 8.65. The fourth-order valence-electron chi connectivity index (χ4n) is 3.23. The number of hydrogen-bond acceptors (Lipinski definition) is 3. The van der Waals surface area contributed by atoms with Crippen molar-refractivity contribution in [1.82, 2.24) is 19.1 Å². The third kappa shape index (κ3) is 3.19. The van der Waals surface area contributed by atoms with Gasteiger partial charge >= 0.3 is 0 Å². The average Bonchev–Trinajstić information content (AvgIpc) is 3.24. The number of aromatic nitrogens is 4. The molecule has 2 aromatic heterocycles. The molecule has 25 heavy (non-hydrogen) atoms. The van der Waals surface area contributed by atoms with Crippen LogP contribution in [-0.2, 0) is 4.74 Å².